The molecule has 1 aliphatic heterocycles. The second kappa shape index (κ2) is 7.46. The van der Waals surface area contributed by atoms with Gasteiger partial charge in [-0.15, -0.1) is 0 Å². The summed E-state index contributed by atoms with van der Waals surface area (Å²) in [5.74, 6) is 1.05. The number of nitrogens with zero attached hydrogens (tertiary/aromatic N) is 2. The van der Waals surface area contributed by atoms with E-state index >= 15 is 0 Å². The number of nitrogens with one attached hydrogen (secondary N) is 1. The zero-order chi connectivity index (χ0) is 12.8. The summed E-state index contributed by atoms with van der Waals surface area (Å²) in [6, 6.07) is 0.694. The van der Waals surface area contributed by atoms with Gasteiger partial charge in [-0.3, -0.25) is 4.90 Å². The van der Waals surface area contributed by atoms with Gasteiger partial charge in [0, 0.05) is 45.3 Å². The van der Waals surface area contributed by atoms with Crippen LogP contribution in [0.2, 0.25) is 0 Å². The van der Waals surface area contributed by atoms with E-state index in [2.05, 4.69) is 29.0 Å². The summed E-state index contributed by atoms with van der Waals surface area (Å²) in [6.45, 7) is 13.5. The smallest absolute Gasteiger partial charge is 0.0192 e. The quantitative estimate of drug-likeness (QED) is 0.711. The highest BCUT2D eigenvalue weighted by atomic mass is 15.3. The van der Waals surface area contributed by atoms with Crippen LogP contribution in [0.5, 0.6) is 0 Å². The Kier molecular flexibility index (Phi) is 5.93. The van der Waals surface area contributed by atoms with Gasteiger partial charge in [-0.2, -0.15) is 0 Å². The van der Waals surface area contributed by atoms with E-state index in [0.717, 1.165) is 5.92 Å². The van der Waals surface area contributed by atoms with Gasteiger partial charge < -0.3 is 10.2 Å². The lowest BCUT2D eigenvalue weighted by Gasteiger charge is -2.36. The lowest BCUT2D eigenvalue weighted by molar-refractivity contribution is 0.119. The Balaban J connectivity index is 1.61. The van der Waals surface area contributed by atoms with Crippen LogP contribution in [0.25, 0.3) is 0 Å². The maximum atomic E-state index is 3.66. The first-order valence-corrected chi connectivity index (χ1v) is 8.00. The lowest BCUT2D eigenvalue weighted by atomic mass is 10.2. The third-order valence-corrected chi connectivity index (χ3v) is 4.33. The highest BCUT2D eigenvalue weighted by molar-refractivity contribution is 4.81. The molecule has 0 amide bonds. The summed E-state index contributed by atoms with van der Waals surface area (Å²) in [5.41, 5.74) is 0. The van der Waals surface area contributed by atoms with Crippen LogP contribution in [-0.2, 0) is 0 Å². The van der Waals surface area contributed by atoms with Gasteiger partial charge in [0.25, 0.3) is 0 Å². The molecule has 0 radical (unpaired) electrons. The Morgan fingerprint density at radius 1 is 1.06 bits per heavy atom. The summed E-state index contributed by atoms with van der Waals surface area (Å²) in [4.78, 5) is 5.33. The standard InChI is InChI=1S/C15H31N3/c1-3-7-16-15(4-2)13-18-10-8-17(9-11-18)12-14-5-6-14/h14-16H,3-13H2,1-2H3. The Hall–Kier alpha value is -0.120. The number of rotatable bonds is 8. The van der Waals surface area contributed by atoms with E-state index in [9.17, 15) is 0 Å². The minimum Gasteiger partial charge on any atom is -0.313 e. The molecular weight excluding hydrogens is 222 g/mol. The van der Waals surface area contributed by atoms with Crippen LogP contribution in [0.4, 0.5) is 0 Å². The molecule has 0 spiro atoms. The maximum absolute atomic E-state index is 3.66. The second-order valence-corrected chi connectivity index (χ2v) is 6.10. The minimum absolute atomic E-state index is 0.694. The summed E-state index contributed by atoms with van der Waals surface area (Å²) in [7, 11) is 0. The van der Waals surface area contributed by atoms with E-state index in [1.165, 1.54) is 71.5 Å². The Labute approximate surface area is 113 Å². The average Bonchev–Trinajstić information content (AvgIpc) is 3.20. The van der Waals surface area contributed by atoms with Crippen molar-refractivity contribution < 1.29 is 0 Å². The molecule has 1 unspecified atom stereocenters. The normalized spacial score (nSPS) is 24.3. The van der Waals surface area contributed by atoms with E-state index in [-0.39, 0.29) is 0 Å². The van der Waals surface area contributed by atoms with Crippen LogP contribution < -0.4 is 5.32 Å². The summed E-state index contributed by atoms with van der Waals surface area (Å²) in [5, 5.41) is 3.66. The SMILES string of the molecule is CCCNC(CC)CN1CCN(CC2CC2)CC1. The third-order valence-electron chi connectivity index (χ3n) is 4.33. The first-order chi connectivity index (χ1) is 8.81. The Morgan fingerprint density at radius 3 is 2.28 bits per heavy atom. The van der Waals surface area contributed by atoms with Crippen molar-refractivity contribution in [2.24, 2.45) is 5.92 Å². The molecule has 3 heteroatoms. The summed E-state index contributed by atoms with van der Waals surface area (Å²) >= 11 is 0. The van der Waals surface area contributed by atoms with Crippen molar-refractivity contribution >= 4 is 0 Å². The zero-order valence-corrected chi connectivity index (χ0v) is 12.3. The molecule has 106 valence electrons. The highest BCUT2D eigenvalue weighted by Gasteiger charge is 2.26. The van der Waals surface area contributed by atoms with Crippen LogP contribution in [0, 0.1) is 5.92 Å². The molecular formula is C15H31N3. The Bertz CT molecular complexity index is 220. The van der Waals surface area contributed by atoms with Crippen molar-refractivity contribution in [2.45, 2.75) is 45.6 Å². The van der Waals surface area contributed by atoms with Crippen LogP contribution in [0.15, 0.2) is 0 Å². The minimum atomic E-state index is 0.694. The van der Waals surface area contributed by atoms with Gasteiger partial charge in [-0.1, -0.05) is 13.8 Å². The van der Waals surface area contributed by atoms with Crippen molar-refractivity contribution in [1.29, 1.82) is 0 Å². The van der Waals surface area contributed by atoms with Gasteiger partial charge in [0.2, 0.25) is 0 Å². The van der Waals surface area contributed by atoms with Crippen molar-refractivity contribution in [1.82, 2.24) is 15.1 Å². The lowest BCUT2D eigenvalue weighted by Crippen LogP contribution is -2.51. The summed E-state index contributed by atoms with van der Waals surface area (Å²) in [6.07, 6.45) is 5.46. The van der Waals surface area contributed by atoms with Gasteiger partial charge in [-0.05, 0) is 38.1 Å². The van der Waals surface area contributed by atoms with Gasteiger partial charge in [0.15, 0.2) is 0 Å². The largest absolute Gasteiger partial charge is 0.313 e. The molecule has 1 saturated carbocycles. The monoisotopic (exact) mass is 253 g/mol. The number of hydrogen-bond acceptors (Lipinski definition) is 3. The van der Waals surface area contributed by atoms with Crippen LogP contribution in [0.3, 0.4) is 0 Å². The fraction of sp³-hybridized carbons (Fsp3) is 1.00. The molecule has 1 atom stereocenters. The first-order valence-electron chi connectivity index (χ1n) is 8.00. The molecule has 1 heterocycles. The fourth-order valence-corrected chi connectivity index (χ4v) is 2.82. The van der Waals surface area contributed by atoms with Crippen molar-refractivity contribution in [3.05, 3.63) is 0 Å². The second-order valence-electron chi connectivity index (χ2n) is 6.10. The molecule has 18 heavy (non-hydrogen) atoms. The molecule has 0 aromatic heterocycles. The topological polar surface area (TPSA) is 18.5 Å². The fourth-order valence-electron chi connectivity index (χ4n) is 2.82. The number of piperazine rings is 1. The molecule has 0 bridgehead atoms. The van der Waals surface area contributed by atoms with Crippen LogP contribution >= 0.6 is 0 Å². The van der Waals surface area contributed by atoms with Crippen molar-refractivity contribution in [3.8, 4) is 0 Å². The molecule has 2 rings (SSSR count). The molecule has 1 saturated heterocycles. The maximum Gasteiger partial charge on any atom is 0.0192 e. The van der Waals surface area contributed by atoms with E-state index in [1.807, 2.05) is 0 Å². The Morgan fingerprint density at radius 2 is 1.72 bits per heavy atom. The first kappa shape index (κ1) is 14.3. The van der Waals surface area contributed by atoms with Crippen molar-refractivity contribution in [2.75, 3.05) is 45.8 Å². The molecule has 3 nitrogen and oxygen atoms in total. The highest BCUT2D eigenvalue weighted by Crippen LogP contribution is 2.29. The van der Waals surface area contributed by atoms with E-state index in [0.29, 0.717) is 6.04 Å². The molecule has 0 aromatic rings. The van der Waals surface area contributed by atoms with Crippen LogP contribution in [0.1, 0.15) is 39.5 Å². The number of hydrogen-bond donors (Lipinski definition) is 1. The average molecular weight is 253 g/mol. The van der Waals surface area contributed by atoms with Gasteiger partial charge in [-0.25, -0.2) is 0 Å². The molecule has 2 fully saturated rings. The zero-order valence-electron chi connectivity index (χ0n) is 12.3. The van der Waals surface area contributed by atoms with Gasteiger partial charge in [0.05, 0.1) is 0 Å². The van der Waals surface area contributed by atoms with E-state index < -0.39 is 0 Å². The van der Waals surface area contributed by atoms with E-state index in [4.69, 9.17) is 0 Å². The van der Waals surface area contributed by atoms with Crippen molar-refractivity contribution in [3.63, 3.8) is 0 Å². The molecule has 1 N–H and O–H groups in total. The predicted molar refractivity (Wildman–Crippen MR) is 78.0 cm³/mol. The summed E-state index contributed by atoms with van der Waals surface area (Å²) < 4.78 is 0. The van der Waals surface area contributed by atoms with Gasteiger partial charge >= 0.3 is 0 Å². The molecule has 1 aliphatic carbocycles. The van der Waals surface area contributed by atoms with Crippen LogP contribution in [-0.4, -0.2) is 61.7 Å². The molecule has 2 aliphatic rings. The molecule has 0 aromatic carbocycles. The predicted octanol–water partition coefficient (Wildman–Crippen LogP) is 1.79. The van der Waals surface area contributed by atoms with Gasteiger partial charge in [0.1, 0.15) is 0 Å². The third kappa shape index (κ3) is 4.87. The van der Waals surface area contributed by atoms with E-state index in [1.54, 1.807) is 0 Å².